The molecule has 1 aliphatic rings. The second-order valence-electron chi connectivity index (χ2n) is 3.70. The third kappa shape index (κ3) is 1.76. The zero-order valence-electron chi connectivity index (χ0n) is 6.66. The van der Waals surface area contributed by atoms with Gasteiger partial charge in [-0.15, -0.1) is 0 Å². The summed E-state index contributed by atoms with van der Waals surface area (Å²) in [5, 5.41) is 9.94. The molecule has 62 valence electrons. The van der Waals surface area contributed by atoms with Gasteiger partial charge in [-0.2, -0.15) is 0 Å². The SMILES string of the molecule is CC1(C)CC1C(=O)C[N+](=O)[O-]. The van der Waals surface area contributed by atoms with E-state index < -0.39 is 11.5 Å². The predicted octanol–water partition coefficient (Wildman–Crippen LogP) is 0.878. The molecule has 0 radical (unpaired) electrons. The molecule has 0 amide bonds. The zero-order chi connectivity index (χ0) is 8.65. The molecule has 1 aliphatic carbocycles. The number of carbonyl (C=O) groups excluding carboxylic acids is 1. The first kappa shape index (κ1) is 8.17. The van der Waals surface area contributed by atoms with Gasteiger partial charge in [-0.05, 0) is 11.8 Å². The predicted molar refractivity (Wildman–Crippen MR) is 38.8 cm³/mol. The molecule has 0 aliphatic heterocycles. The number of nitro groups is 1. The standard InChI is InChI=1S/C7H11NO3/c1-7(2)3-5(7)6(9)4-8(10)11/h5H,3-4H2,1-2H3. The molecule has 0 aromatic carbocycles. The van der Waals surface area contributed by atoms with E-state index in [-0.39, 0.29) is 17.1 Å². The largest absolute Gasteiger partial charge is 0.292 e. The Morgan fingerprint density at radius 2 is 2.18 bits per heavy atom. The van der Waals surface area contributed by atoms with E-state index in [1.807, 2.05) is 13.8 Å². The zero-order valence-corrected chi connectivity index (χ0v) is 6.66. The van der Waals surface area contributed by atoms with E-state index in [2.05, 4.69) is 0 Å². The third-order valence-electron chi connectivity index (χ3n) is 2.19. The Bertz CT molecular complexity index is 210. The van der Waals surface area contributed by atoms with Crippen LogP contribution in [0.5, 0.6) is 0 Å². The lowest BCUT2D eigenvalue weighted by Gasteiger charge is -1.97. The van der Waals surface area contributed by atoms with Crippen molar-refractivity contribution in [3.63, 3.8) is 0 Å². The fourth-order valence-corrected chi connectivity index (χ4v) is 1.25. The van der Waals surface area contributed by atoms with E-state index in [0.717, 1.165) is 6.42 Å². The first-order valence-corrected chi connectivity index (χ1v) is 3.58. The molecule has 0 aromatic heterocycles. The van der Waals surface area contributed by atoms with Gasteiger partial charge in [-0.1, -0.05) is 13.8 Å². The average Bonchev–Trinajstić information content (AvgIpc) is 2.38. The molecule has 1 saturated carbocycles. The smallest absolute Gasteiger partial charge is 0.261 e. The number of hydrogen-bond donors (Lipinski definition) is 0. The van der Waals surface area contributed by atoms with Crippen LogP contribution in [0.3, 0.4) is 0 Å². The van der Waals surface area contributed by atoms with E-state index in [1.54, 1.807) is 0 Å². The van der Waals surface area contributed by atoms with Crippen LogP contribution in [-0.2, 0) is 4.79 Å². The molecule has 0 saturated heterocycles. The van der Waals surface area contributed by atoms with Crippen molar-refractivity contribution in [2.45, 2.75) is 20.3 Å². The molecular weight excluding hydrogens is 146 g/mol. The van der Waals surface area contributed by atoms with Crippen LogP contribution in [0, 0.1) is 21.4 Å². The van der Waals surface area contributed by atoms with Crippen LogP contribution >= 0.6 is 0 Å². The van der Waals surface area contributed by atoms with Gasteiger partial charge in [0.15, 0.2) is 0 Å². The Balaban J connectivity index is 2.40. The van der Waals surface area contributed by atoms with Crippen LogP contribution < -0.4 is 0 Å². The van der Waals surface area contributed by atoms with Crippen LogP contribution in [-0.4, -0.2) is 17.3 Å². The first-order chi connectivity index (χ1) is 4.93. The number of nitrogens with zero attached hydrogens (tertiary/aromatic N) is 1. The lowest BCUT2D eigenvalue weighted by Crippen LogP contribution is -2.17. The lowest BCUT2D eigenvalue weighted by atomic mass is 10.1. The Hall–Kier alpha value is -0.930. The molecule has 1 rings (SSSR count). The van der Waals surface area contributed by atoms with Gasteiger partial charge in [0.2, 0.25) is 5.78 Å². The van der Waals surface area contributed by atoms with Gasteiger partial charge < -0.3 is 0 Å². The summed E-state index contributed by atoms with van der Waals surface area (Å²) in [4.78, 5) is 20.4. The summed E-state index contributed by atoms with van der Waals surface area (Å²) in [5.74, 6) is -0.284. The maximum atomic E-state index is 11.0. The first-order valence-electron chi connectivity index (χ1n) is 3.58. The molecule has 1 unspecified atom stereocenters. The van der Waals surface area contributed by atoms with Crippen molar-refractivity contribution in [1.29, 1.82) is 0 Å². The van der Waals surface area contributed by atoms with Crippen LogP contribution in [0.1, 0.15) is 20.3 Å². The number of hydrogen-bond acceptors (Lipinski definition) is 3. The summed E-state index contributed by atoms with van der Waals surface area (Å²) in [6.07, 6.45) is 0.805. The molecule has 0 aromatic rings. The second kappa shape index (κ2) is 2.29. The topological polar surface area (TPSA) is 60.2 Å². The van der Waals surface area contributed by atoms with Gasteiger partial charge in [-0.3, -0.25) is 14.9 Å². The fraction of sp³-hybridized carbons (Fsp3) is 0.857. The van der Waals surface area contributed by atoms with Crippen molar-refractivity contribution in [1.82, 2.24) is 0 Å². The van der Waals surface area contributed by atoms with Gasteiger partial charge in [0, 0.05) is 10.8 Å². The van der Waals surface area contributed by atoms with E-state index in [1.165, 1.54) is 0 Å². The molecule has 0 bridgehead atoms. The maximum absolute atomic E-state index is 11.0. The highest BCUT2D eigenvalue weighted by atomic mass is 16.6. The van der Waals surface area contributed by atoms with Crippen molar-refractivity contribution in [2.24, 2.45) is 11.3 Å². The molecule has 1 atom stereocenters. The minimum Gasteiger partial charge on any atom is -0.292 e. The fourth-order valence-electron chi connectivity index (χ4n) is 1.25. The summed E-state index contributed by atoms with van der Waals surface area (Å²) in [6.45, 7) is 3.40. The molecule has 11 heavy (non-hydrogen) atoms. The van der Waals surface area contributed by atoms with Crippen LogP contribution in [0.4, 0.5) is 0 Å². The molecule has 1 fully saturated rings. The maximum Gasteiger partial charge on any atom is 0.261 e. The molecule has 4 nitrogen and oxygen atoms in total. The summed E-state index contributed by atoms with van der Waals surface area (Å²) >= 11 is 0. The van der Waals surface area contributed by atoms with Gasteiger partial charge in [0.1, 0.15) is 0 Å². The minimum absolute atomic E-state index is 0.0209. The molecular formula is C7H11NO3. The monoisotopic (exact) mass is 157 g/mol. The number of carbonyl (C=O) groups is 1. The number of ketones is 1. The minimum atomic E-state index is -0.559. The highest BCUT2D eigenvalue weighted by Gasteiger charge is 2.51. The van der Waals surface area contributed by atoms with Crippen molar-refractivity contribution < 1.29 is 9.72 Å². The Kier molecular flexibility index (Phi) is 1.70. The van der Waals surface area contributed by atoms with E-state index in [0.29, 0.717) is 0 Å². The van der Waals surface area contributed by atoms with E-state index in [4.69, 9.17) is 0 Å². The highest BCUT2D eigenvalue weighted by molar-refractivity contribution is 5.85. The summed E-state index contributed by atoms with van der Waals surface area (Å²) in [7, 11) is 0. The summed E-state index contributed by atoms with van der Waals surface area (Å²) in [5.41, 5.74) is 0.0209. The lowest BCUT2D eigenvalue weighted by molar-refractivity contribution is -0.467. The normalized spacial score (nSPS) is 26.2. The summed E-state index contributed by atoms with van der Waals surface area (Å²) < 4.78 is 0. The Labute approximate surface area is 64.7 Å². The molecule has 0 N–H and O–H groups in total. The van der Waals surface area contributed by atoms with Crippen LogP contribution in [0.2, 0.25) is 0 Å². The van der Waals surface area contributed by atoms with Gasteiger partial charge in [0.05, 0.1) is 0 Å². The van der Waals surface area contributed by atoms with Crippen LogP contribution in [0.15, 0.2) is 0 Å². The molecule has 0 spiro atoms. The highest BCUT2D eigenvalue weighted by Crippen LogP contribution is 2.51. The second-order valence-corrected chi connectivity index (χ2v) is 3.70. The van der Waals surface area contributed by atoms with Gasteiger partial charge >= 0.3 is 0 Å². The quantitative estimate of drug-likeness (QED) is 0.451. The Morgan fingerprint density at radius 3 is 2.45 bits per heavy atom. The van der Waals surface area contributed by atoms with Crippen molar-refractivity contribution in [3.05, 3.63) is 10.1 Å². The molecule has 0 heterocycles. The number of Topliss-reactive ketones (excluding diaryl/α,β-unsaturated/α-hetero) is 1. The van der Waals surface area contributed by atoms with Gasteiger partial charge in [-0.25, -0.2) is 0 Å². The van der Waals surface area contributed by atoms with E-state index in [9.17, 15) is 14.9 Å². The van der Waals surface area contributed by atoms with Crippen molar-refractivity contribution in [3.8, 4) is 0 Å². The number of rotatable bonds is 3. The van der Waals surface area contributed by atoms with Crippen LogP contribution in [0.25, 0.3) is 0 Å². The van der Waals surface area contributed by atoms with Crippen molar-refractivity contribution in [2.75, 3.05) is 6.54 Å². The molecule has 4 heteroatoms. The van der Waals surface area contributed by atoms with Crippen molar-refractivity contribution >= 4 is 5.78 Å². The third-order valence-corrected chi connectivity index (χ3v) is 2.19. The Morgan fingerprint density at radius 1 is 1.73 bits per heavy atom. The summed E-state index contributed by atoms with van der Waals surface area (Å²) in [6, 6.07) is 0. The van der Waals surface area contributed by atoms with E-state index >= 15 is 0 Å². The average molecular weight is 157 g/mol. The van der Waals surface area contributed by atoms with Gasteiger partial charge in [0.25, 0.3) is 6.54 Å².